The van der Waals surface area contributed by atoms with E-state index in [1.54, 1.807) is 31.2 Å². The van der Waals surface area contributed by atoms with Crippen LogP contribution in [0.1, 0.15) is 22.7 Å². The van der Waals surface area contributed by atoms with Crippen molar-refractivity contribution in [3.63, 3.8) is 0 Å². The van der Waals surface area contributed by atoms with E-state index in [4.69, 9.17) is 4.42 Å². The highest BCUT2D eigenvalue weighted by Crippen LogP contribution is 2.15. The topological polar surface area (TPSA) is 42.2 Å². The van der Waals surface area contributed by atoms with Crippen molar-refractivity contribution >= 4 is 11.5 Å². The average Bonchev–Trinajstić information content (AvgIpc) is 2.75. The lowest BCUT2D eigenvalue weighted by Gasteiger charge is -2.08. The summed E-state index contributed by atoms with van der Waals surface area (Å²) in [6.45, 7) is 5.53. The lowest BCUT2D eigenvalue weighted by atomic mass is 10.2. The molecule has 2 aromatic rings. The first-order valence-electron chi connectivity index (χ1n) is 5.84. The third-order valence-electron chi connectivity index (χ3n) is 2.53. The van der Waals surface area contributed by atoms with Gasteiger partial charge in [0.2, 0.25) is 5.78 Å². The van der Waals surface area contributed by atoms with Crippen molar-refractivity contribution in [3.05, 3.63) is 66.0 Å². The number of furan rings is 1. The number of ketones is 1. The number of benzene rings is 1. The van der Waals surface area contributed by atoms with Gasteiger partial charge in [0, 0.05) is 11.4 Å². The Morgan fingerprint density at radius 3 is 2.79 bits per heavy atom. The van der Waals surface area contributed by atoms with E-state index in [-0.39, 0.29) is 18.0 Å². The molecule has 1 N–H and O–H groups in total. The van der Waals surface area contributed by atoms with Gasteiger partial charge in [-0.25, -0.2) is 4.39 Å². The molecule has 2 rings (SSSR count). The lowest BCUT2D eigenvalue weighted by Crippen LogP contribution is -2.05. The number of allylic oxidation sites excluding steroid dienone is 1. The standard InChI is InChI=1S/C15H14FNO2/c1-10(17-13-5-3-4-12(16)9-13)8-14(18)15-7-6-11(2)19-15/h3-7,9,17H,1,8H2,2H3. The summed E-state index contributed by atoms with van der Waals surface area (Å²) in [4.78, 5) is 11.9. The van der Waals surface area contributed by atoms with Gasteiger partial charge >= 0.3 is 0 Å². The van der Waals surface area contributed by atoms with Gasteiger partial charge in [-0.05, 0) is 37.3 Å². The fourth-order valence-corrected chi connectivity index (χ4v) is 1.68. The van der Waals surface area contributed by atoms with Gasteiger partial charge < -0.3 is 9.73 Å². The van der Waals surface area contributed by atoms with E-state index < -0.39 is 0 Å². The van der Waals surface area contributed by atoms with Crippen molar-refractivity contribution < 1.29 is 13.6 Å². The molecule has 0 bridgehead atoms. The molecule has 0 spiro atoms. The second-order valence-electron chi connectivity index (χ2n) is 4.25. The molecule has 0 saturated heterocycles. The van der Waals surface area contributed by atoms with Gasteiger partial charge in [0.1, 0.15) is 11.6 Å². The highest BCUT2D eigenvalue weighted by molar-refractivity contribution is 5.95. The van der Waals surface area contributed by atoms with Gasteiger partial charge in [-0.1, -0.05) is 12.6 Å². The predicted octanol–water partition coefficient (Wildman–Crippen LogP) is 3.93. The molecular weight excluding hydrogens is 245 g/mol. The Bertz CT molecular complexity index is 616. The number of aryl methyl sites for hydroxylation is 1. The average molecular weight is 259 g/mol. The Morgan fingerprint density at radius 1 is 1.37 bits per heavy atom. The summed E-state index contributed by atoms with van der Waals surface area (Å²) in [6.07, 6.45) is 0.101. The molecule has 0 atom stereocenters. The zero-order valence-corrected chi connectivity index (χ0v) is 10.6. The highest BCUT2D eigenvalue weighted by Gasteiger charge is 2.11. The maximum Gasteiger partial charge on any atom is 0.203 e. The van der Waals surface area contributed by atoms with E-state index in [1.807, 2.05) is 0 Å². The molecule has 0 unspecified atom stereocenters. The fraction of sp³-hybridized carbons (Fsp3) is 0.133. The van der Waals surface area contributed by atoms with E-state index in [1.165, 1.54) is 12.1 Å². The summed E-state index contributed by atoms with van der Waals surface area (Å²) in [5.41, 5.74) is 1.05. The second kappa shape index (κ2) is 5.52. The number of anilines is 1. The Kier molecular flexibility index (Phi) is 3.80. The van der Waals surface area contributed by atoms with Gasteiger partial charge in [-0.15, -0.1) is 0 Å². The van der Waals surface area contributed by atoms with E-state index in [0.717, 1.165) is 0 Å². The van der Waals surface area contributed by atoms with E-state index in [0.29, 0.717) is 22.9 Å². The molecule has 0 fully saturated rings. The van der Waals surface area contributed by atoms with E-state index in [9.17, 15) is 9.18 Å². The molecule has 1 heterocycles. The maximum absolute atomic E-state index is 13.0. The summed E-state index contributed by atoms with van der Waals surface area (Å²) in [5, 5.41) is 2.89. The molecule has 0 aliphatic rings. The Labute approximate surface area is 110 Å². The van der Waals surface area contributed by atoms with Crippen molar-refractivity contribution in [2.75, 3.05) is 5.32 Å². The Morgan fingerprint density at radius 2 is 2.16 bits per heavy atom. The molecule has 0 saturated carbocycles. The normalized spacial score (nSPS) is 10.2. The van der Waals surface area contributed by atoms with Crippen molar-refractivity contribution in [2.45, 2.75) is 13.3 Å². The van der Waals surface area contributed by atoms with Crippen molar-refractivity contribution in [2.24, 2.45) is 0 Å². The zero-order chi connectivity index (χ0) is 13.8. The van der Waals surface area contributed by atoms with Crippen LogP contribution in [0.15, 0.2) is 53.1 Å². The van der Waals surface area contributed by atoms with Crippen LogP contribution in [0.4, 0.5) is 10.1 Å². The molecule has 3 nitrogen and oxygen atoms in total. The predicted molar refractivity (Wildman–Crippen MR) is 71.6 cm³/mol. The number of halogens is 1. The first kappa shape index (κ1) is 13.1. The second-order valence-corrected chi connectivity index (χ2v) is 4.25. The van der Waals surface area contributed by atoms with Gasteiger partial charge in [0.15, 0.2) is 5.76 Å². The van der Waals surface area contributed by atoms with Gasteiger partial charge in [-0.2, -0.15) is 0 Å². The quantitative estimate of drug-likeness (QED) is 0.827. The molecule has 98 valence electrons. The zero-order valence-electron chi connectivity index (χ0n) is 10.6. The van der Waals surface area contributed by atoms with E-state index in [2.05, 4.69) is 11.9 Å². The van der Waals surface area contributed by atoms with E-state index >= 15 is 0 Å². The number of Topliss-reactive ketones (excluding diaryl/α,β-unsaturated/α-hetero) is 1. The van der Waals surface area contributed by atoms with Crippen molar-refractivity contribution in [1.82, 2.24) is 0 Å². The third kappa shape index (κ3) is 3.55. The number of hydrogen-bond donors (Lipinski definition) is 1. The highest BCUT2D eigenvalue weighted by atomic mass is 19.1. The van der Waals surface area contributed by atoms with Gasteiger partial charge in [-0.3, -0.25) is 4.79 Å². The summed E-state index contributed by atoms with van der Waals surface area (Å²) >= 11 is 0. The molecule has 0 aliphatic heterocycles. The molecule has 0 aliphatic carbocycles. The summed E-state index contributed by atoms with van der Waals surface area (Å²) < 4.78 is 18.2. The van der Waals surface area contributed by atoms with Gasteiger partial charge in [0.05, 0.1) is 6.42 Å². The number of carbonyl (C=O) groups is 1. The SMILES string of the molecule is C=C(CC(=O)c1ccc(C)o1)Nc1cccc(F)c1. The van der Waals surface area contributed by atoms with Crippen LogP contribution in [0, 0.1) is 12.7 Å². The summed E-state index contributed by atoms with van der Waals surface area (Å²) in [5.74, 6) is 0.486. The largest absolute Gasteiger partial charge is 0.458 e. The molecule has 19 heavy (non-hydrogen) atoms. The van der Waals surface area contributed by atoms with Crippen molar-refractivity contribution in [1.29, 1.82) is 0 Å². The van der Waals surface area contributed by atoms with Crippen LogP contribution in [0.3, 0.4) is 0 Å². The molecular formula is C15H14FNO2. The number of hydrogen-bond acceptors (Lipinski definition) is 3. The maximum atomic E-state index is 13.0. The molecule has 1 aromatic heterocycles. The summed E-state index contributed by atoms with van der Waals surface area (Å²) in [7, 11) is 0. The summed E-state index contributed by atoms with van der Waals surface area (Å²) in [6, 6.07) is 9.35. The Hall–Kier alpha value is -2.36. The lowest BCUT2D eigenvalue weighted by molar-refractivity contribution is 0.0965. The molecule has 1 aromatic carbocycles. The molecule has 0 amide bonds. The van der Waals surface area contributed by atoms with Crippen LogP contribution in [0.5, 0.6) is 0 Å². The van der Waals surface area contributed by atoms with Crippen LogP contribution in [0.25, 0.3) is 0 Å². The number of nitrogens with one attached hydrogen (secondary N) is 1. The fourth-order valence-electron chi connectivity index (χ4n) is 1.68. The van der Waals surface area contributed by atoms with Crippen LogP contribution < -0.4 is 5.32 Å². The first-order valence-corrected chi connectivity index (χ1v) is 5.84. The molecule has 0 radical (unpaired) electrons. The molecule has 4 heteroatoms. The number of carbonyl (C=O) groups excluding carboxylic acids is 1. The van der Waals surface area contributed by atoms with Crippen LogP contribution in [-0.4, -0.2) is 5.78 Å². The van der Waals surface area contributed by atoms with Crippen LogP contribution in [0.2, 0.25) is 0 Å². The van der Waals surface area contributed by atoms with Crippen LogP contribution >= 0.6 is 0 Å². The minimum Gasteiger partial charge on any atom is -0.458 e. The van der Waals surface area contributed by atoms with Crippen molar-refractivity contribution in [3.8, 4) is 0 Å². The van der Waals surface area contributed by atoms with Crippen LogP contribution in [-0.2, 0) is 0 Å². The minimum atomic E-state index is -0.342. The monoisotopic (exact) mass is 259 g/mol. The smallest absolute Gasteiger partial charge is 0.203 e. The third-order valence-corrected chi connectivity index (χ3v) is 2.53. The Balaban J connectivity index is 1.96. The first-order chi connectivity index (χ1) is 9.04. The number of rotatable bonds is 5. The minimum absolute atomic E-state index is 0.101. The van der Waals surface area contributed by atoms with Gasteiger partial charge in [0.25, 0.3) is 0 Å².